The fourth-order valence-corrected chi connectivity index (χ4v) is 4.32. The Morgan fingerprint density at radius 1 is 1.06 bits per heavy atom. The van der Waals surface area contributed by atoms with Crippen LogP contribution in [0.2, 0.25) is 0 Å². The fourth-order valence-electron chi connectivity index (χ4n) is 4.32. The molecule has 168 valence electrons. The minimum atomic E-state index is -0.327. The maximum absolute atomic E-state index is 14.6. The molecule has 7 heteroatoms. The van der Waals surface area contributed by atoms with E-state index >= 15 is 0 Å². The lowest BCUT2D eigenvalue weighted by Gasteiger charge is -2.31. The number of nitrogens with one attached hydrogen (secondary N) is 3. The van der Waals surface area contributed by atoms with Crippen molar-refractivity contribution in [3.63, 3.8) is 0 Å². The highest BCUT2D eigenvalue weighted by molar-refractivity contribution is 5.69. The van der Waals surface area contributed by atoms with Crippen LogP contribution >= 0.6 is 0 Å². The summed E-state index contributed by atoms with van der Waals surface area (Å²) < 4.78 is 19.8. The zero-order valence-electron chi connectivity index (χ0n) is 18.5. The molecule has 0 amide bonds. The number of rotatable bonds is 10. The molecule has 0 saturated heterocycles. The first-order valence-corrected chi connectivity index (χ1v) is 11.5. The molecule has 0 spiro atoms. The van der Waals surface area contributed by atoms with Gasteiger partial charge in [-0.2, -0.15) is 0 Å². The van der Waals surface area contributed by atoms with E-state index in [1.54, 1.807) is 19.5 Å². The molecule has 1 atom stereocenters. The van der Waals surface area contributed by atoms with Crippen molar-refractivity contribution >= 4 is 11.5 Å². The van der Waals surface area contributed by atoms with E-state index in [9.17, 15) is 4.39 Å². The van der Waals surface area contributed by atoms with Crippen LogP contribution in [-0.2, 0) is 4.74 Å². The van der Waals surface area contributed by atoms with E-state index in [1.807, 2.05) is 12.1 Å². The molecule has 0 aliphatic heterocycles. The van der Waals surface area contributed by atoms with Gasteiger partial charge in [0.05, 0.1) is 18.5 Å². The summed E-state index contributed by atoms with van der Waals surface area (Å²) in [7, 11) is 1.74. The van der Waals surface area contributed by atoms with Crippen molar-refractivity contribution in [2.24, 2.45) is 5.92 Å². The zero-order chi connectivity index (χ0) is 21.6. The van der Waals surface area contributed by atoms with Gasteiger partial charge in [0.15, 0.2) is 0 Å². The Hall–Kier alpha value is -2.25. The molecule has 2 aromatic rings. The lowest BCUT2D eigenvalue weighted by molar-refractivity contribution is 0.161. The highest BCUT2D eigenvalue weighted by atomic mass is 19.1. The Kier molecular flexibility index (Phi) is 7.35. The third-order valence-electron chi connectivity index (χ3n) is 6.21. The van der Waals surface area contributed by atoms with Gasteiger partial charge in [0, 0.05) is 55.3 Å². The minimum absolute atomic E-state index is 0.327. The fraction of sp³-hybridized carbons (Fsp3) is 0.583. The Morgan fingerprint density at radius 3 is 2.58 bits per heavy atom. The molecule has 2 fully saturated rings. The second-order valence-electron chi connectivity index (χ2n) is 9.05. The maximum atomic E-state index is 14.6. The molecule has 31 heavy (non-hydrogen) atoms. The van der Waals surface area contributed by atoms with E-state index in [4.69, 9.17) is 4.74 Å². The second kappa shape index (κ2) is 10.4. The third-order valence-corrected chi connectivity index (χ3v) is 6.21. The van der Waals surface area contributed by atoms with Gasteiger partial charge < -0.3 is 20.7 Å². The van der Waals surface area contributed by atoms with Crippen molar-refractivity contribution in [3.8, 4) is 11.1 Å². The van der Waals surface area contributed by atoms with E-state index in [1.165, 1.54) is 19.0 Å². The zero-order valence-corrected chi connectivity index (χ0v) is 18.5. The molecule has 2 aliphatic rings. The number of aromatic nitrogens is 2. The van der Waals surface area contributed by atoms with Gasteiger partial charge in [-0.25, -0.2) is 9.37 Å². The van der Waals surface area contributed by atoms with E-state index in [0.29, 0.717) is 23.7 Å². The second-order valence-corrected chi connectivity index (χ2v) is 9.05. The summed E-state index contributed by atoms with van der Waals surface area (Å²) in [5.74, 6) is 1.16. The Labute approximate surface area is 184 Å². The Bertz CT molecular complexity index is 852. The third kappa shape index (κ3) is 6.37. The summed E-state index contributed by atoms with van der Waals surface area (Å²) in [4.78, 5) is 8.59. The number of anilines is 2. The van der Waals surface area contributed by atoms with Crippen LogP contribution in [0.1, 0.15) is 45.4 Å². The smallest absolute Gasteiger partial charge is 0.149 e. The van der Waals surface area contributed by atoms with Crippen molar-refractivity contribution in [1.82, 2.24) is 15.3 Å². The van der Waals surface area contributed by atoms with Crippen LogP contribution in [0.4, 0.5) is 15.9 Å². The normalized spacial score (nSPS) is 22.2. The topological polar surface area (TPSA) is 71.1 Å². The van der Waals surface area contributed by atoms with Crippen molar-refractivity contribution in [3.05, 3.63) is 36.5 Å². The Balaban J connectivity index is 1.35. The Morgan fingerprint density at radius 2 is 1.84 bits per heavy atom. The van der Waals surface area contributed by atoms with Gasteiger partial charge in [-0.05, 0) is 63.5 Å². The molecule has 0 bridgehead atoms. The predicted molar refractivity (Wildman–Crippen MR) is 123 cm³/mol. The first kappa shape index (κ1) is 22.0. The summed E-state index contributed by atoms with van der Waals surface area (Å²) in [6.07, 6.45) is 11.7. The molecule has 2 aliphatic carbocycles. The van der Waals surface area contributed by atoms with E-state index in [-0.39, 0.29) is 5.82 Å². The number of hydrogen-bond donors (Lipinski definition) is 3. The number of nitrogens with zero attached hydrogens (tertiary/aromatic N) is 2. The summed E-state index contributed by atoms with van der Waals surface area (Å²) in [5, 5.41) is 10.6. The summed E-state index contributed by atoms with van der Waals surface area (Å²) >= 11 is 0. The van der Waals surface area contributed by atoms with Crippen molar-refractivity contribution in [1.29, 1.82) is 0 Å². The van der Waals surface area contributed by atoms with Gasteiger partial charge in [-0.15, -0.1) is 0 Å². The standard InChI is InChI=1S/C24H34FN5O/c1-16(15-31-2)29-19-5-7-20(8-6-19)30-24-10-22(23(25)14-28-24)18-9-21(13-26-12-18)27-11-17-3-4-17/h9-10,12-14,16-17,19-20,27,29H,3-8,11,15H2,1-2H3,(H,28,30)/t16-,19?,20?/m0/s1. The molecule has 0 radical (unpaired) electrons. The number of ether oxygens (including phenoxy) is 1. The molecule has 2 saturated carbocycles. The lowest BCUT2D eigenvalue weighted by Crippen LogP contribution is -2.42. The number of hydrogen-bond acceptors (Lipinski definition) is 6. The summed E-state index contributed by atoms with van der Waals surface area (Å²) in [5.41, 5.74) is 2.23. The average Bonchev–Trinajstić information content (AvgIpc) is 3.60. The lowest BCUT2D eigenvalue weighted by atomic mass is 9.90. The van der Waals surface area contributed by atoms with Crippen molar-refractivity contribution in [2.45, 2.75) is 63.6 Å². The summed E-state index contributed by atoms with van der Waals surface area (Å²) in [6, 6.07) is 5.02. The van der Waals surface area contributed by atoms with Crippen LogP contribution < -0.4 is 16.0 Å². The molecule has 3 N–H and O–H groups in total. The van der Waals surface area contributed by atoms with Gasteiger partial charge in [0.2, 0.25) is 0 Å². The minimum Gasteiger partial charge on any atom is -0.384 e. The van der Waals surface area contributed by atoms with E-state index in [0.717, 1.165) is 61.8 Å². The van der Waals surface area contributed by atoms with Crippen LogP contribution in [0.5, 0.6) is 0 Å². The van der Waals surface area contributed by atoms with Crippen molar-refractivity contribution < 1.29 is 9.13 Å². The predicted octanol–water partition coefficient (Wildman–Crippen LogP) is 4.45. The number of methoxy groups -OCH3 is 1. The highest BCUT2D eigenvalue weighted by Gasteiger charge is 2.23. The SMILES string of the molecule is COC[C@H](C)NC1CCC(Nc2cc(-c3cncc(NCC4CC4)c3)c(F)cn2)CC1. The first-order valence-electron chi connectivity index (χ1n) is 11.5. The van der Waals surface area contributed by atoms with Gasteiger partial charge in [0.25, 0.3) is 0 Å². The van der Waals surface area contributed by atoms with Gasteiger partial charge >= 0.3 is 0 Å². The maximum Gasteiger partial charge on any atom is 0.149 e. The monoisotopic (exact) mass is 427 g/mol. The molecule has 6 nitrogen and oxygen atoms in total. The first-order chi connectivity index (χ1) is 15.1. The van der Waals surface area contributed by atoms with Crippen LogP contribution in [0.25, 0.3) is 11.1 Å². The quantitative estimate of drug-likeness (QED) is 0.520. The summed E-state index contributed by atoms with van der Waals surface area (Å²) in [6.45, 7) is 3.84. The molecule has 2 aromatic heterocycles. The van der Waals surface area contributed by atoms with Crippen LogP contribution in [0.15, 0.2) is 30.7 Å². The van der Waals surface area contributed by atoms with Crippen LogP contribution in [0, 0.1) is 11.7 Å². The molecule has 0 aromatic carbocycles. The average molecular weight is 428 g/mol. The molecule has 2 heterocycles. The molecular weight excluding hydrogens is 393 g/mol. The van der Waals surface area contributed by atoms with Crippen LogP contribution in [-0.4, -0.2) is 48.4 Å². The molecular formula is C24H34FN5O. The molecule has 4 rings (SSSR count). The number of halogens is 1. The number of pyridine rings is 2. The highest BCUT2D eigenvalue weighted by Crippen LogP contribution is 2.30. The van der Waals surface area contributed by atoms with Crippen molar-refractivity contribution in [2.75, 3.05) is 30.9 Å². The van der Waals surface area contributed by atoms with Gasteiger partial charge in [-0.3, -0.25) is 4.98 Å². The van der Waals surface area contributed by atoms with Gasteiger partial charge in [0.1, 0.15) is 11.6 Å². The largest absolute Gasteiger partial charge is 0.384 e. The van der Waals surface area contributed by atoms with Gasteiger partial charge in [-0.1, -0.05) is 0 Å². The molecule has 0 unspecified atom stereocenters. The van der Waals surface area contributed by atoms with Crippen LogP contribution in [0.3, 0.4) is 0 Å². The van der Waals surface area contributed by atoms with E-state index in [2.05, 4.69) is 32.8 Å². The van der Waals surface area contributed by atoms with E-state index < -0.39 is 0 Å².